The van der Waals surface area contributed by atoms with Crippen molar-refractivity contribution in [3.63, 3.8) is 0 Å². The fourth-order valence-corrected chi connectivity index (χ4v) is 5.45. The molecule has 5 N–H and O–H groups in total. The molecule has 8 nitrogen and oxygen atoms in total. The number of anilines is 1. The summed E-state index contributed by atoms with van der Waals surface area (Å²) in [6.07, 6.45) is 7.52. The second-order valence-corrected chi connectivity index (χ2v) is 12.1. The number of nitrogens with zero attached hydrogens (tertiary/aromatic N) is 2. The van der Waals surface area contributed by atoms with Gasteiger partial charge in [0.25, 0.3) is 0 Å². The normalized spacial score (nSPS) is 29.1. The standard InChI is InChI=1S/C30H44F2N4O4/c1-6-20(28(39)34-21-11-10-19(2)15-30(5,40)13-12-21)14-25(37)24(33)16-35-17-26(38)36(18-29(35,3)4)27-22(31)8-7-9-23(27)32/h7-13,19-21,24-25,37,40H,6,14-18,33H2,1-5H3,(H,34,39)/b11-10+,13-12+/t19?,20-,21?,24+,25+,30?/m1/s1. The summed E-state index contributed by atoms with van der Waals surface area (Å²) in [5.74, 6) is -2.66. The van der Waals surface area contributed by atoms with Crippen molar-refractivity contribution >= 4 is 17.5 Å². The van der Waals surface area contributed by atoms with Crippen molar-refractivity contribution in [2.24, 2.45) is 17.6 Å². The second-order valence-electron chi connectivity index (χ2n) is 12.1. The first-order valence-electron chi connectivity index (χ1n) is 14.0. The molecule has 40 heavy (non-hydrogen) atoms. The van der Waals surface area contributed by atoms with Crippen LogP contribution in [0.1, 0.15) is 53.9 Å². The van der Waals surface area contributed by atoms with E-state index in [1.165, 1.54) is 6.07 Å². The van der Waals surface area contributed by atoms with Crippen molar-refractivity contribution in [2.75, 3.05) is 24.5 Å². The number of amides is 2. The number of para-hydroxylation sites is 1. The predicted octanol–water partition coefficient (Wildman–Crippen LogP) is 2.88. The third-order valence-electron chi connectivity index (χ3n) is 7.90. The third kappa shape index (κ3) is 7.96. The molecule has 0 spiro atoms. The first-order chi connectivity index (χ1) is 18.6. The SMILES string of the molecule is CC[C@H](C[C@H](O)[C@@H](N)CN1CC(=O)N(c2c(F)cccc2F)CC1(C)C)C(=O)NC1/C=C/C(C)CC(C)(O)/C=C/1. The number of rotatable bonds is 9. The Kier molecular flexibility index (Phi) is 10.3. The Morgan fingerprint density at radius 3 is 2.48 bits per heavy atom. The summed E-state index contributed by atoms with van der Waals surface area (Å²) in [5, 5.41) is 24.4. The average Bonchev–Trinajstić information content (AvgIpc) is 2.85. The van der Waals surface area contributed by atoms with E-state index < -0.39 is 46.7 Å². The molecular weight excluding hydrogens is 518 g/mol. The number of hydrogen-bond acceptors (Lipinski definition) is 6. The van der Waals surface area contributed by atoms with Crippen LogP contribution >= 0.6 is 0 Å². The Bertz CT molecular complexity index is 1100. The van der Waals surface area contributed by atoms with Crippen molar-refractivity contribution in [3.05, 3.63) is 54.1 Å². The van der Waals surface area contributed by atoms with Gasteiger partial charge in [0.05, 0.1) is 24.3 Å². The van der Waals surface area contributed by atoms with E-state index >= 15 is 0 Å². The van der Waals surface area contributed by atoms with Gasteiger partial charge in [-0.3, -0.25) is 14.5 Å². The van der Waals surface area contributed by atoms with Crippen LogP contribution in [0.4, 0.5) is 14.5 Å². The molecule has 1 aliphatic heterocycles. The minimum Gasteiger partial charge on any atom is -0.391 e. The lowest BCUT2D eigenvalue weighted by Crippen LogP contribution is -2.64. The first kappa shape index (κ1) is 31.9. The molecule has 3 unspecified atom stereocenters. The summed E-state index contributed by atoms with van der Waals surface area (Å²) in [6, 6.07) is 2.34. The fourth-order valence-electron chi connectivity index (χ4n) is 5.45. The first-order valence-corrected chi connectivity index (χ1v) is 14.0. The molecule has 0 saturated carbocycles. The van der Waals surface area contributed by atoms with Gasteiger partial charge in [-0.1, -0.05) is 44.2 Å². The number of carbonyl (C=O) groups excluding carboxylic acids is 2. The van der Waals surface area contributed by atoms with Crippen molar-refractivity contribution < 1.29 is 28.6 Å². The molecule has 1 aromatic rings. The van der Waals surface area contributed by atoms with Crippen LogP contribution in [0.2, 0.25) is 0 Å². The number of allylic oxidation sites excluding steroid dienone is 1. The number of nitrogens with two attached hydrogens (primary N) is 1. The van der Waals surface area contributed by atoms with Crippen LogP contribution in [0.3, 0.4) is 0 Å². The molecule has 1 aliphatic carbocycles. The van der Waals surface area contributed by atoms with Crippen molar-refractivity contribution in [3.8, 4) is 0 Å². The van der Waals surface area contributed by atoms with Crippen LogP contribution in [0.25, 0.3) is 0 Å². The quantitative estimate of drug-likeness (QED) is 0.344. The van der Waals surface area contributed by atoms with E-state index in [1.807, 2.05) is 39.8 Å². The minimum atomic E-state index is -1.02. The molecule has 1 aromatic carbocycles. The number of nitrogens with one attached hydrogen (secondary N) is 1. The Hall–Kier alpha value is -2.66. The van der Waals surface area contributed by atoms with Gasteiger partial charge in [0.2, 0.25) is 11.8 Å². The van der Waals surface area contributed by atoms with Crippen LogP contribution < -0.4 is 16.0 Å². The van der Waals surface area contributed by atoms with Crippen LogP contribution in [-0.2, 0) is 9.59 Å². The lowest BCUT2D eigenvalue weighted by atomic mass is 9.89. The number of hydrogen-bond donors (Lipinski definition) is 4. The average molecular weight is 563 g/mol. The summed E-state index contributed by atoms with van der Waals surface area (Å²) in [4.78, 5) is 28.9. The van der Waals surface area contributed by atoms with E-state index in [1.54, 1.807) is 24.0 Å². The number of aliphatic hydroxyl groups excluding tert-OH is 1. The fraction of sp³-hybridized carbons (Fsp3) is 0.600. The molecule has 2 aliphatic rings. The summed E-state index contributed by atoms with van der Waals surface area (Å²) >= 11 is 0. The molecule has 1 fully saturated rings. The van der Waals surface area contributed by atoms with Gasteiger partial charge in [0, 0.05) is 30.6 Å². The van der Waals surface area contributed by atoms with Gasteiger partial charge >= 0.3 is 0 Å². The lowest BCUT2D eigenvalue weighted by Gasteiger charge is -2.47. The molecule has 1 heterocycles. The van der Waals surface area contributed by atoms with E-state index in [9.17, 15) is 28.6 Å². The number of benzene rings is 1. The van der Waals surface area contributed by atoms with Crippen LogP contribution in [0, 0.1) is 23.5 Å². The monoisotopic (exact) mass is 562 g/mol. The highest BCUT2D eigenvalue weighted by molar-refractivity contribution is 5.96. The molecule has 10 heteroatoms. The van der Waals surface area contributed by atoms with Crippen LogP contribution in [0.5, 0.6) is 0 Å². The zero-order valence-corrected chi connectivity index (χ0v) is 24.1. The Labute approximate surface area is 235 Å². The van der Waals surface area contributed by atoms with Gasteiger partial charge in [-0.2, -0.15) is 0 Å². The maximum Gasteiger partial charge on any atom is 0.241 e. The molecular formula is C30H44F2N4O4. The highest BCUT2D eigenvalue weighted by Gasteiger charge is 2.41. The van der Waals surface area contributed by atoms with Gasteiger partial charge in [-0.15, -0.1) is 0 Å². The topological polar surface area (TPSA) is 119 Å². The molecule has 0 bridgehead atoms. The highest BCUT2D eigenvalue weighted by atomic mass is 19.1. The van der Waals surface area contributed by atoms with Gasteiger partial charge in [-0.05, 0) is 58.1 Å². The molecule has 2 amide bonds. The van der Waals surface area contributed by atoms with Crippen LogP contribution in [0.15, 0.2) is 42.5 Å². The largest absolute Gasteiger partial charge is 0.391 e. The van der Waals surface area contributed by atoms with Gasteiger partial charge in [0.15, 0.2) is 0 Å². The van der Waals surface area contributed by atoms with Crippen molar-refractivity contribution in [1.29, 1.82) is 0 Å². The maximum absolute atomic E-state index is 14.4. The second kappa shape index (κ2) is 12.9. The molecule has 3 rings (SSSR count). The van der Waals surface area contributed by atoms with Crippen molar-refractivity contribution in [2.45, 2.75) is 83.2 Å². The summed E-state index contributed by atoms with van der Waals surface area (Å²) in [5.41, 5.74) is 4.34. The zero-order chi connectivity index (χ0) is 29.8. The Morgan fingerprint density at radius 2 is 1.85 bits per heavy atom. The summed E-state index contributed by atoms with van der Waals surface area (Å²) < 4.78 is 28.8. The molecule has 222 valence electrons. The third-order valence-corrected chi connectivity index (χ3v) is 7.90. The van der Waals surface area contributed by atoms with E-state index in [0.29, 0.717) is 12.8 Å². The van der Waals surface area contributed by atoms with E-state index in [0.717, 1.165) is 17.0 Å². The summed E-state index contributed by atoms with van der Waals surface area (Å²) in [6.45, 7) is 9.37. The number of halogens is 2. The predicted molar refractivity (Wildman–Crippen MR) is 151 cm³/mol. The minimum absolute atomic E-state index is 0.0421. The molecule has 6 atom stereocenters. The van der Waals surface area contributed by atoms with Crippen LogP contribution in [-0.4, -0.2) is 75.9 Å². The summed E-state index contributed by atoms with van der Waals surface area (Å²) in [7, 11) is 0. The number of piperazine rings is 1. The lowest BCUT2D eigenvalue weighted by molar-refractivity contribution is -0.126. The van der Waals surface area contributed by atoms with Gasteiger partial charge in [0.1, 0.15) is 17.3 Å². The van der Waals surface area contributed by atoms with Gasteiger partial charge in [-0.25, -0.2) is 8.78 Å². The number of aliphatic hydroxyl groups is 2. The zero-order valence-electron chi connectivity index (χ0n) is 24.1. The van der Waals surface area contributed by atoms with Gasteiger partial charge < -0.3 is 26.2 Å². The maximum atomic E-state index is 14.4. The highest BCUT2D eigenvalue weighted by Crippen LogP contribution is 2.31. The Balaban J connectivity index is 1.61. The van der Waals surface area contributed by atoms with E-state index in [4.69, 9.17) is 5.73 Å². The van der Waals surface area contributed by atoms with Crippen molar-refractivity contribution in [1.82, 2.24) is 10.2 Å². The van der Waals surface area contributed by atoms with E-state index in [2.05, 4.69) is 5.32 Å². The Morgan fingerprint density at radius 1 is 1.20 bits per heavy atom. The molecule has 1 saturated heterocycles. The molecule has 0 aromatic heterocycles. The molecule has 0 radical (unpaired) electrons. The number of carbonyl (C=O) groups is 2. The van der Waals surface area contributed by atoms with E-state index in [-0.39, 0.29) is 49.6 Å². The smallest absolute Gasteiger partial charge is 0.241 e.